The molecule has 1 saturated heterocycles. The molecule has 0 radical (unpaired) electrons. The van der Waals surface area contributed by atoms with E-state index in [1.54, 1.807) is 29.2 Å². The van der Waals surface area contributed by atoms with E-state index in [2.05, 4.69) is 5.32 Å². The number of esters is 1. The summed E-state index contributed by atoms with van der Waals surface area (Å²) in [5, 5.41) is 13.1. The summed E-state index contributed by atoms with van der Waals surface area (Å²) < 4.78 is 9.80. The van der Waals surface area contributed by atoms with Crippen molar-refractivity contribution in [2.45, 2.75) is 38.5 Å². The van der Waals surface area contributed by atoms with Crippen molar-refractivity contribution in [1.82, 2.24) is 10.2 Å². The van der Waals surface area contributed by atoms with Crippen LogP contribution in [0.15, 0.2) is 24.3 Å². The molecule has 3 unspecified atom stereocenters. The van der Waals surface area contributed by atoms with Gasteiger partial charge in [-0.25, -0.2) is 4.79 Å². The highest BCUT2D eigenvalue weighted by atomic mass is 16.5. The van der Waals surface area contributed by atoms with Crippen molar-refractivity contribution < 1.29 is 29.0 Å². The van der Waals surface area contributed by atoms with Crippen LogP contribution in [0.5, 0.6) is 5.75 Å². The van der Waals surface area contributed by atoms with Crippen LogP contribution in [-0.2, 0) is 19.1 Å². The smallest absolute Gasteiger partial charge is 0.331 e. The number of carbonyl (C=O) groups is 3. The summed E-state index contributed by atoms with van der Waals surface area (Å²) in [6.45, 7) is 4.04. The largest absolute Gasteiger partial charge is 0.497 e. The Morgan fingerprint density at radius 3 is 2.33 bits per heavy atom. The van der Waals surface area contributed by atoms with Crippen molar-refractivity contribution in [1.29, 1.82) is 0 Å². The van der Waals surface area contributed by atoms with Gasteiger partial charge in [0.2, 0.25) is 11.8 Å². The number of methoxy groups -OCH3 is 2. The van der Waals surface area contributed by atoms with E-state index in [0.717, 1.165) is 0 Å². The Kier molecular flexibility index (Phi) is 6.79. The van der Waals surface area contributed by atoms with Gasteiger partial charge in [0.25, 0.3) is 0 Å². The van der Waals surface area contributed by atoms with Crippen LogP contribution in [0.1, 0.15) is 31.9 Å². The third-order valence-electron chi connectivity index (χ3n) is 4.68. The lowest BCUT2D eigenvalue weighted by Crippen LogP contribution is -2.48. The molecular formula is C19H26N2O6. The number of ether oxygens (including phenoxy) is 2. The van der Waals surface area contributed by atoms with Gasteiger partial charge in [-0.15, -0.1) is 0 Å². The Balaban J connectivity index is 2.13. The summed E-state index contributed by atoms with van der Waals surface area (Å²) >= 11 is 0. The number of aliphatic hydroxyl groups is 1. The average molecular weight is 378 g/mol. The quantitative estimate of drug-likeness (QED) is 0.675. The van der Waals surface area contributed by atoms with E-state index < -0.39 is 29.9 Å². The van der Waals surface area contributed by atoms with Crippen molar-refractivity contribution in [3.63, 3.8) is 0 Å². The molecule has 0 aromatic heterocycles. The van der Waals surface area contributed by atoms with Crippen molar-refractivity contribution in [2.75, 3.05) is 20.8 Å². The van der Waals surface area contributed by atoms with Crippen molar-refractivity contribution in [3.8, 4) is 5.75 Å². The molecule has 2 amide bonds. The molecular weight excluding hydrogens is 352 g/mol. The van der Waals surface area contributed by atoms with Gasteiger partial charge >= 0.3 is 5.97 Å². The van der Waals surface area contributed by atoms with Crippen LogP contribution in [0.2, 0.25) is 0 Å². The molecule has 0 saturated carbocycles. The molecule has 27 heavy (non-hydrogen) atoms. The topological polar surface area (TPSA) is 105 Å². The minimum atomic E-state index is -1.30. The normalized spacial score (nSPS) is 19.0. The number of hydrogen-bond donors (Lipinski definition) is 2. The molecule has 148 valence electrons. The highest BCUT2D eigenvalue weighted by Crippen LogP contribution is 2.24. The summed E-state index contributed by atoms with van der Waals surface area (Å²) in [5.74, 6) is -1.31. The van der Waals surface area contributed by atoms with Gasteiger partial charge in [-0.2, -0.15) is 0 Å². The van der Waals surface area contributed by atoms with Crippen molar-refractivity contribution in [3.05, 3.63) is 29.8 Å². The van der Waals surface area contributed by atoms with Crippen LogP contribution in [0.3, 0.4) is 0 Å². The molecule has 1 aromatic rings. The van der Waals surface area contributed by atoms with Gasteiger partial charge in [0.15, 0.2) is 6.04 Å². The van der Waals surface area contributed by atoms with Crippen LogP contribution in [0, 0.1) is 5.92 Å². The Hall–Kier alpha value is -2.61. The first-order valence-electron chi connectivity index (χ1n) is 8.78. The van der Waals surface area contributed by atoms with Crippen LogP contribution in [0.25, 0.3) is 0 Å². The van der Waals surface area contributed by atoms with E-state index in [1.807, 2.05) is 13.8 Å². The Morgan fingerprint density at radius 1 is 1.22 bits per heavy atom. The first kappa shape index (κ1) is 20.7. The van der Waals surface area contributed by atoms with Crippen LogP contribution in [-0.4, -0.2) is 60.6 Å². The Bertz CT molecular complexity index is 688. The predicted molar refractivity (Wildman–Crippen MR) is 96.9 cm³/mol. The summed E-state index contributed by atoms with van der Waals surface area (Å²) in [5.41, 5.74) is 0.429. The number of amides is 2. The Morgan fingerprint density at radius 2 is 1.85 bits per heavy atom. The summed E-state index contributed by atoms with van der Waals surface area (Å²) in [7, 11) is 2.70. The zero-order valence-corrected chi connectivity index (χ0v) is 16.0. The molecule has 0 bridgehead atoms. The fraction of sp³-hybridized carbons (Fsp3) is 0.526. The van der Waals surface area contributed by atoms with E-state index >= 15 is 0 Å². The molecule has 2 rings (SSSR count). The number of nitrogens with zero attached hydrogens (tertiary/aromatic N) is 1. The third kappa shape index (κ3) is 4.77. The zero-order chi connectivity index (χ0) is 20.1. The van der Waals surface area contributed by atoms with Gasteiger partial charge in [-0.3, -0.25) is 9.59 Å². The van der Waals surface area contributed by atoms with E-state index in [9.17, 15) is 19.5 Å². The highest BCUT2D eigenvalue weighted by Gasteiger charge is 2.38. The number of benzene rings is 1. The fourth-order valence-electron chi connectivity index (χ4n) is 3.06. The molecule has 2 N–H and O–H groups in total. The summed E-state index contributed by atoms with van der Waals surface area (Å²) in [6.07, 6.45) is -1.22. The number of aliphatic hydroxyl groups excluding tert-OH is 1. The standard InChI is InChI=1S/C19H26N2O6/c1-11(2)21-10-13(9-15(21)22)18(24)20-16(19(25)27-4)17(23)12-5-7-14(26-3)8-6-12/h5-8,11,13,16-17,23H,9-10H2,1-4H3,(H,20,24). The summed E-state index contributed by atoms with van der Waals surface area (Å²) in [4.78, 5) is 38.4. The number of rotatable bonds is 7. The zero-order valence-electron chi connectivity index (χ0n) is 16.0. The van der Waals surface area contributed by atoms with Crippen LogP contribution >= 0.6 is 0 Å². The number of hydrogen-bond acceptors (Lipinski definition) is 6. The second-order valence-corrected chi connectivity index (χ2v) is 6.77. The average Bonchev–Trinajstić information content (AvgIpc) is 3.07. The Labute approximate surface area is 158 Å². The van der Waals surface area contributed by atoms with Gasteiger partial charge in [-0.05, 0) is 31.5 Å². The van der Waals surface area contributed by atoms with Gasteiger partial charge in [0.05, 0.1) is 20.1 Å². The van der Waals surface area contributed by atoms with Crippen LogP contribution < -0.4 is 10.1 Å². The minimum absolute atomic E-state index is 0.00315. The molecule has 1 aromatic carbocycles. The maximum absolute atomic E-state index is 12.6. The maximum atomic E-state index is 12.6. The molecule has 8 heteroatoms. The van der Waals surface area contributed by atoms with Gasteiger partial charge in [-0.1, -0.05) is 12.1 Å². The SMILES string of the molecule is COC(=O)C(NC(=O)C1CC(=O)N(C(C)C)C1)C(O)c1ccc(OC)cc1. The molecule has 1 aliphatic heterocycles. The molecule has 1 fully saturated rings. The van der Waals surface area contributed by atoms with Gasteiger partial charge in [0, 0.05) is 19.0 Å². The molecule has 1 aliphatic rings. The molecule has 0 aliphatic carbocycles. The van der Waals surface area contributed by atoms with Crippen LogP contribution in [0.4, 0.5) is 0 Å². The highest BCUT2D eigenvalue weighted by molar-refractivity contribution is 5.92. The van der Waals surface area contributed by atoms with Crippen molar-refractivity contribution >= 4 is 17.8 Å². The predicted octanol–water partition coefficient (Wildman–Crippen LogP) is 0.643. The minimum Gasteiger partial charge on any atom is -0.497 e. The second kappa shape index (κ2) is 8.85. The summed E-state index contributed by atoms with van der Waals surface area (Å²) in [6, 6.07) is 5.21. The number of nitrogens with one attached hydrogen (secondary N) is 1. The van der Waals surface area contributed by atoms with Gasteiger partial charge < -0.3 is 24.8 Å². The lowest BCUT2D eigenvalue weighted by atomic mass is 10.0. The number of likely N-dealkylation sites (tertiary alicyclic amines) is 1. The van der Waals surface area contributed by atoms with E-state index in [4.69, 9.17) is 9.47 Å². The molecule has 8 nitrogen and oxygen atoms in total. The van der Waals surface area contributed by atoms with E-state index in [1.165, 1.54) is 14.2 Å². The second-order valence-electron chi connectivity index (χ2n) is 6.77. The van der Waals surface area contributed by atoms with Crippen molar-refractivity contribution in [2.24, 2.45) is 5.92 Å². The monoisotopic (exact) mass is 378 g/mol. The molecule has 1 heterocycles. The third-order valence-corrected chi connectivity index (χ3v) is 4.68. The molecule has 3 atom stereocenters. The first-order valence-corrected chi connectivity index (χ1v) is 8.78. The van der Waals surface area contributed by atoms with Gasteiger partial charge in [0.1, 0.15) is 11.9 Å². The maximum Gasteiger partial charge on any atom is 0.331 e. The van der Waals surface area contributed by atoms with E-state index in [0.29, 0.717) is 11.3 Å². The first-order chi connectivity index (χ1) is 12.8. The lowest BCUT2D eigenvalue weighted by molar-refractivity contribution is -0.149. The van der Waals surface area contributed by atoms with E-state index in [-0.39, 0.29) is 24.9 Å². The lowest BCUT2D eigenvalue weighted by Gasteiger charge is -2.24. The molecule has 0 spiro atoms. The number of carbonyl (C=O) groups excluding carboxylic acids is 3. The fourth-order valence-corrected chi connectivity index (χ4v) is 3.06.